The zero-order chi connectivity index (χ0) is 11.9. The maximum atomic E-state index is 11.7. The Bertz CT molecular complexity index is 465. The summed E-state index contributed by atoms with van der Waals surface area (Å²) in [5.74, 6) is -0.0637. The van der Waals surface area contributed by atoms with Crippen LogP contribution >= 0.6 is 0 Å². The monoisotopic (exact) mass is 223 g/mol. The van der Waals surface area contributed by atoms with Crippen LogP contribution in [0.3, 0.4) is 0 Å². The SMILES string of the molecule is O=C(NCCc1ccccc1)c1c[c][c]cc1. The average molecular weight is 223 g/mol. The second-order valence-corrected chi connectivity index (χ2v) is 3.71. The van der Waals surface area contributed by atoms with Crippen LogP contribution in [0.2, 0.25) is 0 Å². The molecule has 0 spiro atoms. The van der Waals surface area contributed by atoms with Crippen molar-refractivity contribution in [2.45, 2.75) is 6.42 Å². The molecule has 0 atom stereocenters. The molecule has 0 bridgehead atoms. The summed E-state index contributed by atoms with van der Waals surface area (Å²) in [6, 6.07) is 20.7. The molecule has 0 aliphatic heterocycles. The fourth-order valence-corrected chi connectivity index (χ4v) is 1.56. The van der Waals surface area contributed by atoms with Crippen molar-refractivity contribution >= 4 is 5.91 Å². The largest absolute Gasteiger partial charge is 0.352 e. The lowest BCUT2D eigenvalue weighted by Gasteiger charge is -2.04. The molecule has 1 N–H and O–H groups in total. The molecule has 0 unspecified atom stereocenters. The van der Waals surface area contributed by atoms with E-state index in [-0.39, 0.29) is 5.91 Å². The Morgan fingerprint density at radius 2 is 1.94 bits per heavy atom. The predicted molar refractivity (Wildman–Crippen MR) is 66.6 cm³/mol. The molecule has 2 aromatic rings. The van der Waals surface area contributed by atoms with Gasteiger partial charge >= 0.3 is 0 Å². The van der Waals surface area contributed by atoms with E-state index in [0.717, 1.165) is 6.42 Å². The highest BCUT2D eigenvalue weighted by atomic mass is 16.1. The van der Waals surface area contributed by atoms with Crippen molar-refractivity contribution < 1.29 is 4.79 Å². The molecule has 0 saturated heterocycles. The van der Waals surface area contributed by atoms with E-state index in [4.69, 9.17) is 0 Å². The average Bonchev–Trinajstić information content (AvgIpc) is 2.41. The van der Waals surface area contributed by atoms with E-state index >= 15 is 0 Å². The molecule has 84 valence electrons. The summed E-state index contributed by atoms with van der Waals surface area (Å²) in [6.07, 6.45) is 0.843. The number of rotatable bonds is 4. The molecule has 2 rings (SSSR count). The van der Waals surface area contributed by atoms with E-state index in [0.29, 0.717) is 12.1 Å². The summed E-state index contributed by atoms with van der Waals surface area (Å²) in [6.45, 7) is 0.640. The smallest absolute Gasteiger partial charge is 0.251 e. The number of amides is 1. The van der Waals surface area contributed by atoms with Gasteiger partial charge < -0.3 is 5.32 Å². The van der Waals surface area contributed by atoms with Crippen molar-refractivity contribution in [3.63, 3.8) is 0 Å². The first kappa shape index (κ1) is 11.4. The van der Waals surface area contributed by atoms with Crippen molar-refractivity contribution in [3.8, 4) is 0 Å². The fraction of sp³-hybridized carbons (Fsp3) is 0.133. The Kier molecular flexibility index (Phi) is 3.92. The predicted octanol–water partition coefficient (Wildman–Crippen LogP) is 2.26. The second-order valence-electron chi connectivity index (χ2n) is 3.71. The van der Waals surface area contributed by atoms with Crippen molar-refractivity contribution in [2.24, 2.45) is 0 Å². The molecular formula is C15H13NO. The molecule has 0 heterocycles. The minimum atomic E-state index is -0.0637. The minimum Gasteiger partial charge on any atom is -0.352 e. The fourth-order valence-electron chi connectivity index (χ4n) is 1.56. The van der Waals surface area contributed by atoms with Gasteiger partial charge in [0.2, 0.25) is 0 Å². The summed E-state index contributed by atoms with van der Waals surface area (Å²) in [4.78, 5) is 11.7. The van der Waals surface area contributed by atoms with Gasteiger partial charge in [0.1, 0.15) is 0 Å². The van der Waals surface area contributed by atoms with Crippen LogP contribution in [0.4, 0.5) is 0 Å². The summed E-state index contributed by atoms with van der Waals surface area (Å²) >= 11 is 0. The zero-order valence-corrected chi connectivity index (χ0v) is 9.44. The normalized spacial score (nSPS) is 9.88. The Labute approximate surface area is 101 Å². The maximum Gasteiger partial charge on any atom is 0.251 e. The van der Waals surface area contributed by atoms with Crippen LogP contribution in [0.25, 0.3) is 0 Å². The Morgan fingerprint density at radius 3 is 2.65 bits per heavy atom. The number of nitrogens with one attached hydrogen (secondary N) is 1. The first-order chi connectivity index (χ1) is 8.36. The summed E-state index contributed by atoms with van der Waals surface area (Å²) in [5, 5.41) is 2.87. The minimum absolute atomic E-state index is 0.0637. The molecule has 2 heteroatoms. The van der Waals surface area contributed by atoms with E-state index in [1.807, 2.05) is 18.2 Å². The molecule has 2 nitrogen and oxygen atoms in total. The highest BCUT2D eigenvalue weighted by Gasteiger charge is 2.02. The molecule has 17 heavy (non-hydrogen) atoms. The Morgan fingerprint density at radius 1 is 1.12 bits per heavy atom. The van der Waals surface area contributed by atoms with Gasteiger partial charge in [0.05, 0.1) is 0 Å². The van der Waals surface area contributed by atoms with Crippen LogP contribution in [0.1, 0.15) is 15.9 Å². The number of carbonyl (C=O) groups excluding carboxylic acids is 1. The van der Waals surface area contributed by atoms with Crippen molar-refractivity contribution in [2.75, 3.05) is 6.54 Å². The van der Waals surface area contributed by atoms with Gasteiger partial charge in [-0.15, -0.1) is 0 Å². The third-order valence-electron chi connectivity index (χ3n) is 2.46. The number of carbonyl (C=O) groups is 1. The lowest BCUT2D eigenvalue weighted by atomic mass is 10.1. The molecular weight excluding hydrogens is 210 g/mol. The Balaban J connectivity index is 1.82. The van der Waals surface area contributed by atoms with Gasteiger partial charge in [0.15, 0.2) is 0 Å². The highest BCUT2D eigenvalue weighted by Crippen LogP contribution is 2.00. The van der Waals surface area contributed by atoms with Crippen LogP contribution in [0.5, 0.6) is 0 Å². The third kappa shape index (κ3) is 3.45. The second kappa shape index (κ2) is 5.85. The lowest BCUT2D eigenvalue weighted by Crippen LogP contribution is -2.25. The number of hydrogen-bond acceptors (Lipinski definition) is 1. The molecule has 2 aromatic carbocycles. The first-order valence-electron chi connectivity index (χ1n) is 5.56. The topological polar surface area (TPSA) is 29.1 Å². The standard InChI is InChI=1S/C15H13NO/c17-15(14-9-5-2-6-10-14)16-12-11-13-7-3-1-4-8-13/h1,3-5,7-10H,11-12H2,(H,16,17). The van der Waals surface area contributed by atoms with Crippen molar-refractivity contribution in [3.05, 3.63) is 71.8 Å². The van der Waals surface area contributed by atoms with Gasteiger partial charge in [-0.2, -0.15) is 0 Å². The van der Waals surface area contributed by atoms with Crippen LogP contribution < -0.4 is 5.32 Å². The third-order valence-corrected chi connectivity index (χ3v) is 2.46. The Hall–Kier alpha value is -2.09. The van der Waals surface area contributed by atoms with Gasteiger partial charge in [-0.05, 0) is 36.2 Å². The molecule has 0 aromatic heterocycles. The van der Waals surface area contributed by atoms with Gasteiger partial charge in [0.25, 0.3) is 5.91 Å². The molecule has 0 fully saturated rings. The molecule has 0 aliphatic carbocycles. The van der Waals surface area contributed by atoms with Crippen LogP contribution in [-0.4, -0.2) is 12.5 Å². The molecule has 0 aliphatic rings. The quantitative estimate of drug-likeness (QED) is 0.846. The summed E-state index contributed by atoms with van der Waals surface area (Å²) < 4.78 is 0. The van der Waals surface area contributed by atoms with Crippen LogP contribution in [0.15, 0.2) is 48.5 Å². The number of benzene rings is 2. The van der Waals surface area contributed by atoms with E-state index in [9.17, 15) is 4.79 Å². The van der Waals surface area contributed by atoms with Crippen molar-refractivity contribution in [1.29, 1.82) is 0 Å². The van der Waals surface area contributed by atoms with Crippen molar-refractivity contribution in [1.82, 2.24) is 5.32 Å². The summed E-state index contributed by atoms with van der Waals surface area (Å²) in [5.41, 5.74) is 1.84. The molecule has 0 saturated carbocycles. The van der Waals surface area contributed by atoms with Crippen LogP contribution in [0, 0.1) is 12.1 Å². The maximum absolute atomic E-state index is 11.7. The van der Waals surface area contributed by atoms with E-state index < -0.39 is 0 Å². The van der Waals surface area contributed by atoms with Gasteiger partial charge in [0, 0.05) is 12.1 Å². The lowest BCUT2D eigenvalue weighted by molar-refractivity contribution is 0.0954. The molecule has 1 amide bonds. The van der Waals surface area contributed by atoms with E-state index in [1.54, 1.807) is 18.2 Å². The van der Waals surface area contributed by atoms with Gasteiger partial charge in [-0.25, -0.2) is 0 Å². The first-order valence-corrected chi connectivity index (χ1v) is 5.56. The highest BCUT2D eigenvalue weighted by molar-refractivity contribution is 5.93. The summed E-state index contributed by atoms with van der Waals surface area (Å²) in [7, 11) is 0. The number of hydrogen-bond donors (Lipinski definition) is 1. The molecule has 2 radical (unpaired) electrons. The van der Waals surface area contributed by atoms with Gasteiger partial charge in [-0.3, -0.25) is 4.79 Å². The van der Waals surface area contributed by atoms with Gasteiger partial charge in [-0.1, -0.05) is 36.4 Å². The zero-order valence-electron chi connectivity index (χ0n) is 9.44. The van der Waals surface area contributed by atoms with Crippen LogP contribution in [-0.2, 0) is 6.42 Å². The van der Waals surface area contributed by atoms with E-state index in [1.165, 1.54) is 5.56 Å². The van der Waals surface area contributed by atoms with E-state index in [2.05, 4.69) is 29.6 Å².